The second-order valence-corrected chi connectivity index (χ2v) is 3.77. The Morgan fingerprint density at radius 2 is 2.00 bits per heavy atom. The molecule has 0 atom stereocenters. The van der Waals surface area contributed by atoms with Crippen molar-refractivity contribution in [3.63, 3.8) is 0 Å². The molecule has 0 saturated carbocycles. The molecule has 1 aromatic carbocycles. The predicted octanol–water partition coefficient (Wildman–Crippen LogP) is 1.63. The van der Waals surface area contributed by atoms with Gasteiger partial charge in [-0.1, -0.05) is 0 Å². The summed E-state index contributed by atoms with van der Waals surface area (Å²) in [6, 6.07) is 7.72. The number of aromatic nitrogens is 1. The summed E-state index contributed by atoms with van der Waals surface area (Å²) in [6.07, 6.45) is 3.41. The largest absolute Gasteiger partial charge is 0.355 e. The number of anilines is 1. The van der Waals surface area contributed by atoms with Crippen LogP contribution in [0.1, 0.15) is 10.4 Å². The van der Waals surface area contributed by atoms with E-state index < -0.39 is 4.92 Å². The summed E-state index contributed by atoms with van der Waals surface area (Å²) in [5.41, 5.74) is 3.35. The van der Waals surface area contributed by atoms with Crippen molar-refractivity contribution >= 4 is 17.3 Å². The molecule has 1 heterocycles. The minimum absolute atomic E-state index is 0.0960. The highest BCUT2D eigenvalue weighted by atomic mass is 16.6. The quantitative estimate of drug-likeness (QED) is 0.646. The molecule has 0 fully saturated rings. The van der Waals surface area contributed by atoms with Crippen LogP contribution >= 0.6 is 0 Å². The Kier molecular flexibility index (Phi) is 3.46. The van der Waals surface area contributed by atoms with Crippen molar-refractivity contribution in [3.8, 4) is 0 Å². The molecule has 7 nitrogen and oxygen atoms in total. The van der Waals surface area contributed by atoms with Crippen LogP contribution in [0.25, 0.3) is 0 Å². The fourth-order valence-corrected chi connectivity index (χ4v) is 1.62. The van der Waals surface area contributed by atoms with Crippen LogP contribution in [0.5, 0.6) is 0 Å². The van der Waals surface area contributed by atoms with Gasteiger partial charge < -0.3 is 5.32 Å². The van der Waals surface area contributed by atoms with E-state index in [2.05, 4.69) is 10.7 Å². The lowest BCUT2D eigenvalue weighted by molar-refractivity contribution is -0.384. The lowest BCUT2D eigenvalue weighted by Crippen LogP contribution is -2.18. The Balaban J connectivity index is 2.41. The number of nitrogens with one attached hydrogen (secondary N) is 2. The van der Waals surface area contributed by atoms with Gasteiger partial charge in [-0.2, -0.15) is 0 Å². The molecule has 2 N–H and O–H groups in total. The van der Waals surface area contributed by atoms with Gasteiger partial charge in [0.15, 0.2) is 0 Å². The summed E-state index contributed by atoms with van der Waals surface area (Å²) in [6.45, 7) is 0. The average molecular weight is 260 g/mol. The van der Waals surface area contributed by atoms with Crippen molar-refractivity contribution in [1.29, 1.82) is 0 Å². The van der Waals surface area contributed by atoms with Gasteiger partial charge in [0, 0.05) is 31.1 Å². The van der Waals surface area contributed by atoms with Crippen LogP contribution in [0.15, 0.2) is 42.7 Å². The molecule has 98 valence electrons. The topological polar surface area (TPSA) is 89.2 Å². The van der Waals surface area contributed by atoms with Gasteiger partial charge in [0.2, 0.25) is 0 Å². The second kappa shape index (κ2) is 5.21. The fourth-order valence-electron chi connectivity index (χ4n) is 1.62. The minimum atomic E-state index is -0.501. The number of nitro benzene ring substituents is 1. The number of carbonyl (C=O) groups excluding carboxylic acids is 1. The molecular formula is C12H12N4O3. The number of amides is 1. The standard InChI is InChI=1S/C12H12N4O3/c1-13-12(17)9-4-5-11(16(18)19)10(8-9)14-15-6-2-3-7-15/h2-8,14H,1H3,(H,13,17). The summed E-state index contributed by atoms with van der Waals surface area (Å²) in [5, 5.41) is 13.4. The molecule has 1 amide bonds. The highest BCUT2D eigenvalue weighted by Crippen LogP contribution is 2.25. The van der Waals surface area contributed by atoms with Crippen LogP contribution in [-0.4, -0.2) is 22.6 Å². The number of hydrogen-bond donors (Lipinski definition) is 2. The van der Waals surface area contributed by atoms with E-state index in [9.17, 15) is 14.9 Å². The zero-order chi connectivity index (χ0) is 13.8. The maximum Gasteiger partial charge on any atom is 0.294 e. The zero-order valence-corrected chi connectivity index (χ0v) is 10.2. The van der Waals surface area contributed by atoms with E-state index in [-0.39, 0.29) is 17.3 Å². The molecule has 0 radical (unpaired) electrons. The summed E-state index contributed by atoms with van der Waals surface area (Å²) >= 11 is 0. The zero-order valence-electron chi connectivity index (χ0n) is 10.2. The predicted molar refractivity (Wildman–Crippen MR) is 69.9 cm³/mol. The average Bonchev–Trinajstić information content (AvgIpc) is 2.90. The smallest absolute Gasteiger partial charge is 0.294 e. The number of benzene rings is 1. The molecular weight excluding hydrogens is 248 g/mol. The van der Waals surface area contributed by atoms with E-state index in [1.54, 1.807) is 29.2 Å². The van der Waals surface area contributed by atoms with Crippen LogP contribution in [0, 0.1) is 10.1 Å². The summed E-state index contributed by atoms with van der Waals surface area (Å²) in [5.74, 6) is -0.301. The monoisotopic (exact) mass is 260 g/mol. The van der Waals surface area contributed by atoms with Crippen molar-refractivity contribution in [2.75, 3.05) is 12.5 Å². The van der Waals surface area contributed by atoms with Gasteiger partial charge in [-0.25, -0.2) is 0 Å². The highest BCUT2D eigenvalue weighted by Gasteiger charge is 2.16. The van der Waals surface area contributed by atoms with Gasteiger partial charge in [-0.15, -0.1) is 0 Å². The van der Waals surface area contributed by atoms with Crippen LogP contribution in [-0.2, 0) is 0 Å². The molecule has 0 unspecified atom stereocenters. The first-order chi connectivity index (χ1) is 9.11. The molecule has 2 aromatic rings. The molecule has 0 saturated heterocycles. The lowest BCUT2D eigenvalue weighted by Gasteiger charge is -2.09. The maximum atomic E-state index is 11.5. The van der Waals surface area contributed by atoms with Gasteiger partial charge in [0.25, 0.3) is 11.6 Å². The molecule has 1 aromatic heterocycles. The second-order valence-electron chi connectivity index (χ2n) is 3.77. The van der Waals surface area contributed by atoms with Crippen LogP contribution in [0.4, 0.5) is 11.4 Å². The van der Waals surface area contributed by atoms with E-state index >= 15 is 0 Å². The molecule has 0 aliphatic heterocycles. The molecule has 0 bridgehead atoms. The SMILES string of the molecule is CNC(=O)c1ccc([N+](=O)[O-])c(Nn2cccc2)c1. The van der Waals surface area contributed by atoms with E-state index in [4.69, 9.17) is 0 Å². The summed E-state index contributed by atoms with van der Waals surface area (Å²) < 4.78 is 1.57. The Labute approximate surface area is 109 Å². The molecule has 0 aliphatic rings. The van der Waals surface area contributed by atoms with Gasteiger partial charge >= 0.3 is 0 Å². The minimum Gasteiger partial charge on any atom is -0.355 e. The van der Waals surface area contributed by atoms with Crippen LogP contribution < -0.4 is 10.7 Å². The number of rotatable bonds is 4. The summed E-state index contributed by atoms with van der Waals surface area (Å²) in [4.78, 5) is 22.0. The first-order valence-electron chi connectivity index (χ1n) is 5.52. The van der Waals surface area contributed by atoms with Gasteiger partial charge in [-0.3, -0.25) is 25.0 Å². The first kappa shape index (κ1) is 12.6. The van der Waals surface area contributed by atoms with Crippen molar-refractivity contribution in [2.45, 2.75) is 0 Å². The molecule has 7 heteroatoms. The first-order valence-corrected chi connectivity index (χ1v) is 5.52. The molecule has 2 rings (SSSR count). The van der Waals surface area contributed by atoms with Crippen molar-refractivity contribution < 1.29 is 9.72 Å². The van der Waals surface area contributed by atoms with E-state index in [1.807, 2.05) is 0 Å². The van der Waals surface area contributed by atoms with Gasteiger partial charge in [0.05, 0.1) is 4.92 Å². The molecule has 19 heavy (non-hydrogen) atoms. The third kappa shape index (κ3) is 2.71. The normalized spacial score (nSPS) is 9.95. The van der Waals surface area contributed by atoms with Crippen LogP contribution in [0.2, 0.25) is 0 Å². The Bertz CT molecular complexity index is 607. The highest BCUT2D eigenvalue weighted by molar-refractivity contribution is 5.95. The number of nitro groups is 1. The van der Waals surface area contributed by atoms with Crippen molar-refractivity contribution in [1.82, 2.24) is 9.99 Å². The Hall–Kier alpha value is -2.83. The van der Waals surface area contributed by atoms with Gasteiger partial charge in [0.1, 0.15) is 5.69 Å². The Morgan fingerprint density at radius 3 is 2.58 bits per heavy atom. The number of nitrogens with zero attached hydrogens (tertiary/aromatic N) is 2. The van der Waals surface area contributed by atoms with E-state index in [0.717, 1.165) is 0 Å². The van der Waals surface area contributed by atoms with Gasteiger partial charge in [-0.05, 0) is 24.3 Å². The number of carbonyl (C=O) groups is 1. The third-order valence-corrected chi connectivity index (χ3v) is 2.54. The van der Waals surface area contributed by atoms with Crippen LogP contribution in [0.3, 0.4) is 0 Å². The van der Waals surface area contributed by atoms with E-state index in [0.29, 0.717) is 5.56 Å². The fraction of sp³-hybridized carbons (Fsp3) is 0.0833. The molecule has 0 spiro atoms. The Morgan fingerprint density at radius 1 is 1.32 bits per heavy atom. The maximum absolute atomic E-state index is 11.5. The lowest BCUT2D eigenvalue weighted by atomic mass is 10.1. The van der Waals surface area contributed by atoms with Crippen molar-refractivity contribution in [2.24, 2.45) is 0 Å². The van der Waals surface area contributed by atoms with Crippen molar-refractivity contribution in [3.05, 3.63) is 58.4 Å². The third-order valence-electron chi connectivity index (χ3n) is 2.54. The summed E-state index contributed by atoms with van der Waals surface area (Å²) in [7, 11) is 1.50. The molecule has 0 aliphatic carbocycles. The van der Waals surface area contributed by atoms with E-state index in [1.165, 1.54) is 25.2 Å². The number of hydrogen-bond acceptors (Lipinski definition) is 4.